The van der Waals surface area contributed by atoms with E-state index in [-0.39, 0.29) is 5.75 Å². The predicted molar refractivity (Wildman–Crippen MR) is 84.9 cm³/mol. The molecule has 0 bridgehead atoms. The normalized spacial score (nSPS) is 11.4. The lowest BCUT2D eigenvalue weighted by Crippen LogP contribution is -2.02. The number of hydrogen-bond acceptors (Lipinski definition) is 2. The van der Waals surface area contributed by atoms with Gasteiger partial charge in [-0.3, -0.25) is 0 Å². The molecule has 0 fully saturated rings. The van der Waals surface area contributed by atoms with Crippen LogP contribution in [0.25, 0.3) is 22.4 Å². The highest BCUT2D eigenvalue weighted by Gasteiger charge is 2.15. The average Bonchev–Trinajstić information content (AvgIpc) is 2.81. The summed E-state index contributed by atoms with van der Waals surface area (Å²) in [6.07, 6.45) is 0. The topological polar surface area (TPSA) is 38.0 Å². The van der Waals surface area contributed by atoms with Gasteiger partial charge in [0.15, 0.2) is 0 Å². The molecule has 0 saturated carbocycles. The van der Waals surface area contributed by atoms with E-state index >= 15 is 0 Å². The number of phenols is 1. The number of hydrogen-bond donors (Lipinski definition) is 1. The lowest BCUT2D eigenvalue weighted by molar-refractivity contribution is 0.472. The third-order valence-corrected chi connectivity index (χ3v) is 3.99. The second-order valence-corrected chi connectivity index (χ2v) is 5.91. The largest absolute Gasteiger partial charge is 0.507 e. The number of para-hydroxylation sites is 2. The molecule has 3 aromatic rings. The molecular formula is C16H15BrN2O. The van der Waals surface area contributed by atoms with Crippen molar-refractivity contribution in [3.63, 3.8) is 0 Å². The minimum Gasteiger partial charge on any atom is -0.507 e. The number of fused-ring (bicyclic) bond motifs is 1. The van der Waals surface area contributed by atoms with Crippen LogP contribution in [0.2, 0.25) is 0 Å². The van der Waals surface area contributed by atoms with Crippen LogP contribution in [0.1, 0.15) is 19.9 Å². The van der Waals surface area contributed by atoms with Crippen LogP contribution in [0, 0.1) is 0 Å². The van der Waals surface area contributed by atoms with E-state index in [4.69, 9.17) is 4.98 Å². The smallest absolute Gasteiger partial charge is 0.141 e. The molecule has 3 rings (SSSR count). The summed E-state index contributed by atoms with van der Waals surface area (Å²) in [6, 6.07) is 13.9. The molecule has 1 aromatic heterocycles. The van der Waals surface area contributed by atoms with Crippen molar-refractivity contribution in [3.05, 3.63) is 46.9 Å². The number of benzene rings is 2. The highest BCUT2D eigenvalue weighted by molar-refractivity contribution is 9.10. The first-order chi connectivity index (χ1) is 9.58. The van der Waals surface area contributed by atoms with E-state index in [1.807, 2.05) is 30.3 Å². The predicted octanol–water partition coefficient (Wildman–Crippen LogP) is 4.75. The van der Waals surface area contributed by atoms with Gasteiger partial charge in [-0.1, -0.05) is 12.1 Å². The molecule has 0 unspecified atom stereocenters. The van der Waals surface area contributed by atoms with Crippen molar-refractivity contribution in [1.29, 1.82) is 0 Å². The molecule has 0 aliphatic carbocycles. The summed E-state index contributed by atoms with van der Waals surface area (Å²) in [5, 5.41) is 9.88. The average molecular weight is 331 g/mol. The summed E-state index contributed by atoms with van der Waals surface area (Å²) >= 11 is 3.31. The Bertz CT molecular complexity index is 777. The number of halogens is 1. The second-order valence-electron chi connectivity index (χ2n) is 5.05. The Morgan fingerprint density at radius 3 is 2.60 bits per heavy atom. The molecule has 1 N–H and O–H groups in total. The van der Waals surface area contributed by atoms with Gasteiger partial charge in [0.05, 0.1) is 15.5 Å². The molecule has 4 heteroatoms. The number of aromatic nitrogens is 2. The summed E-state index contributed by atoms with van der Waals surface area (Å²) < 4.78 is 2.88. The molecule has 0 aliphatic heterocycles. The fourth-order valence-corrected chi connectivity index (χ4v) is 2.67. The summed E-state index contributed by atoms with van der Waals surface area (Å²) in [4.78, 5) is 4.71. The standard InChI is InChI=1S/C16H15BrN2O/c1-10(2)19-14-6-4-3-5-13(14)18-16(19)11-7-8-12(17)15(20)9-11/h3-10,20H,1-2H3. The van der Waals surface area contributed by atoms with E-state index in [0.29, 0.717) is 10.5 Å². The molecule has 2 aromatic carbocycles. The lowest BCUT2D eigenvalue weighted by atomic mass is 10.2. The van der Waals surface area contributed by atoms with E-state index in [0.717, 1.165) is 22.4 Å². The van der Waals surface area contributed by atoms with Crippen LogP contribution in [0.4, 0.5) is 0 Å². The molecule has 0 atom stereocenters. The quantitative estimate of drug-likeness (QED) is 0.736. The molecule has 0 saturated heterocycles. The van der Waals surface area contributed by atoms with Gasteiger partial charge in [-0.05, 0) is 60.1 Å². The van der Waals surface area contributed by atoms with Crippen LogP contribution in [-0.2, 0) is 0 Å². The van der Waals surface area contributed by atoms with Gasteiger partial charge < -0.3 is 9.67 Å². The van der Waals surface area contributed by atoms with E-state index < -0.39 is 0 Å². The van der Waals surface area contributed by atoms with Crippen LogP contribution in [0.5, 0.6) is 5.75 Å². The van der Waals surface area contributed by atoms with Gasteiger partial charge in [-0.25, -0.2) is 4.98 Å². The van der Waals surface area contributed by atoms with Crippen LogP contribution in [0.3, 0.4) is 0 Å². The second kappa shape index (κ2) is 4.94. The number of aromatic hydroxyl groups is 1. The monoisotopic (exact) mass is 330 g/mol. The SMILES string of the molecule is CC(C)n1c(-c2ccc(Br)c(O)c2)nc2ccccc21. The van der Waals surface area contributed by atoms with Gasteiger partial charge in [0.2, 0.25) is 0 Å². The summed E-state index contributed by atoms with van der Waals surface area (Å²) in [5.41, 5.74) is 2.99. The van der Waals surface area contributed by atoms with Crippen molar-refractivity contribution < 1.29 is 5.11 Å². The molecule has 1 heterocycles. The van der Waals surface area contributed by atoms with Crippen molar-refractivity contribution in [1.82, 2.24) is 9.55 Å². The van der Waals surface area contributed by atoms with Gasteiger partial charge >= 0.3 is 0 Å². The van der Waals surface area contributed by atoms with E-state index in [2.05, 4.69) is 40.4 Å². The Balaban J connectivity index is 2.29. The van der Waals surface area contributed by atoms with Gasteiger partial charge in [-0.2, -0.15) is 0 Å². The third kappa shape index (κ3) is 2.10. The van der Waals surface area contributed by atoms with Crippen LogP contribution in [0.15, 0.2) is 46.9 Å². The molecule has 0 amide bonds. The number of phenolic OH excluding ortho intramolecular Hbond substituents is 1. The van der Waals surface area contributed by atoms with E-state index in [1.165, 1.54) is 0 Å². The van der Waals surface area contributed by atoms with Crippen molar-refractivity contribution in [2.75, 3.05) is 0 Å². The maximum atomic E-state index is 9.88. The molecule has 3 nitrogen and oxygen atoms in total. The first-order valence-corrected chi connectivity index (χ1v) is 7.33. The molecule has 0 radical (unpaired) electrons. The Labute approximate surface area is 126 Å². The minimum absolute atomic E-state index is 0.227. The fourth-order valence-electron chi connectivity index (χ4n) is 2.42. The van der Waals surface area contributed by atoms with E-state index in [9.17, 15) is 5.11 Å². The summed E-state index contributed by atoms with van der Waals surface area (Å²) in [5.74, 6) is 1.11. The van der Waals surface area contributed by atoms with Gasteiger partial charge in [-0.15, -0.1) is 0 Å². The fraction of sp³-hybridized carbons (Fsp3) is 0.188. The van der Waals surface area contributed by atoms with Gasteiger partial charge in [0, 0.05) is 11.6 Å². The minimum atomic E-state index is 0.227. The highest BCUT2D eigenvalue weighted by Crippen LogP contribution is 2.32. The molecule has 102 valence electrons. The number of rotatable bonds is 2. The van der Waals surface area contributed by atoms with Gasteiger partial charge in [0.1, 0.15) is 11.6 Å². The van der Waals surface area contributed by atoms with Crippen molar-refractivity contribution in [2.45, 2.75) is 19.9 Å². The van der Waals surface area contributed by atoms with Crippen LogP contribution in [-0.4, -0.2) is 14.7 Å². The van der Waals surface area contributed by atoms with E-state index in [1.54, 1.807) is 6.07 Å². The summed E-state index contributed by atoms with van der Waals surface area (Å²) in [7, 11) is 0. The molecular weight excluding hydrogens is 316 g/mol. The Morgan fingerprint density at radius 1 is 1.15 bits per heavy atom. The maximum absolute atomic E-state index is 9.88. The van der Waals surface area contributed by atoms with Crippen molar-refractivity contribution >= 4 is 27.0 Å². The van der Waals surface area contributed by atoms with Crippen molar-refractivity contribution in [2.24, 2.45) is 0 Å². The Kier molecular flexibility index (Phi) is 3.26. The first-order valence-electron chi connectivity index (χ1n) is 6.54. The molecule has 0 spiro atoms. The zero-order valence-corrected chi connectivity index (χ0v) is 12.9. The molecule has 20 heavy (non-hydrogen) atoms. The van der Waals surface area contributed by atoms with Gasteiger partial charge in [0.25, 0.3) is 0 Å². The number of nitrogens with zero attached hydrogens (tertiary/aromatic N) is 2. The van der Waals surface area contributed by atoms with Crippen LogP contribution >= 0.6 is 15.9 Å². The maximum Gasteiger partial charge on any atom is 0.141 e. The third-order valence-electron chi connectivity index (χ3n) is 3.32. The summed E-state index contributed by atoms with van der Waals surface area (Å²) in [6.45, 7) is 4.27. The zero-order chi connectivity index (χ0) is 14.3. The first kappa shape index (κ1) is 13.2. The molecule has 0 aliphatic rings. The Morgan fingerprint density at radius 2 is 1.90 bits per heavy atom. The lowest BCUT2D eigenvalue weighted by Gasteiger charge is -2.13. The van der Waals surface area contributed by atoms with Crippen molar-refractivity contribution in [3.8, 4) is 17.1 Å². The zero-order valence-electron chi connectivity index (χ0n) is 11.3. The van der Waals surface area contributed by atoms with Crippen LogP contribution < -0.4 is 0 Å². The Hall–Kier alpha value is -1.81. The highest BCUT2D eigenvalue weighted by atomic mass is 79.9. The number of imidazole rings is 1.